The van der Waals surface area contributed by atoms with E-state index in [4.69, 9.17) is 5.11 Å². The molecule has 0 saturated heterocycles. The second-order valence-corrected chi connectivity index (χ2v) is 4.26. The van der Waals surface area contributed by atoms with Gasteiger partial charge >= 0.3 is 5.97 Å². The maximum atomic E-state index is 11.0. The van der Waals surface area contributed by atoms with Crippen LogP contribution in [0.2, 0.25) is 0 Å². The van der Waals surface area contributed by atoms with Gasteiger partial charge in [0.05, 0.1) is 0 Å². The van der Waals surface area contributed by atoms with E-state index in [1.807, 2.05) is 0 Å². The van der Waals surface area contributed by atoms with Gasteiger partial charge in [-0.1, -0.05) is 0 Å². The molecular formula is C10H8N6O4. The van der Waals surface area contributed by atoms with Crippen LogP contribution in [0.15, 0.2) is 32.1 Å². The van der Waals surface area contributed by atoms with Gasteiger partial charge in [0, 0.05) is 29.1 Å². The van der Waals surface area contributed by atoms with Crippen molar-refractivity contribution < 1.29 is 14.8 Å². The number of hydrogen-bond donors (Lipinski definition) is 1. The van der Waals surface area contributed by atoms with E-state index < -0.39 is 29.0 Å². The molecule has 0 aromatic heterocycles. The van der Waals surface area contributed by atoms with Crippen LogP contribution in [0.4, 0.5) is 0 Å². The average molecular weight is 276 g/mol. The third-order valence-electron chi connectivity index (χ3n) is 3.05. The number of aliphatic imine (C=N–C) groups is 1. The van der Waals surface area contributed by atoms with Crippen molar-refractivity contribution in [3.05, 3.63) is 21.9 Å². The summed E-state index contributed by atoms with van der Waals surface area (Å²) in [4.78, 5) is 25.4. The fourth-order valence-corrected chi connectivity index (χ4v) is 2.06. The second kappa shape index (κ2) is 4.33. The summed E-state index contributed by atoms with van der Waals surface area (Å²) >= 11 is 0. The zero-order valence-corrected chi connectivity index (χ0v) is 9.90. The predicted molar refractivity (Wildman–Crippen MR) is 68.5 cm³/mol. The molecular weight excluding hydrogens is 268 g/mol. The Morgan fingerprint density at radius 1 is 1.45 bits per heavy atom. The molecule has 0 aromatic carbocycles. The highest BCUT2D eigenvalue weighted by atomic mass is 16.6. The number of nitro groups is 1. The predicted octanol–water partition coefficient (Wildman–Crippen LogP) is -0.631. The largest absolute Gasteiger partial charge is 0.481 e. The van der Waals surface area contributed by atoms with Gasteiger partial charge < -0.3 is 5.11 Å². The van der Waals surface area contributed by atoms with Crippen LogP contribution in [0.1, 0.15) is 0 Å². The first-order chi connectivity index (χ1) is 9.58. The highest BCUT2D eigenvalue weighted by Gasteiger charge is 2.39. The number of hydrogen-bond acceptors (Lipinski definition) is 8. The summed E-state index contributed by atoms with van der Waals surface area (Å²) in [6, 6.07) is -1.12. The molecule has 0 aromatic rings. The molecule has 20 heavy (non-hydrogen) atoms. The molecule has 0 unspecified atom stereocenters. The van der Waals surface area contributed by atoms with Gasteiger partial charge in [-0.05, 0) is 0 Å². The number of hydrazone groups is 1. The monoisotopic (exact) mass is 276 g/mol. The van der Waals surface area contributed by atoms with Gasteiger partial charge in [-0.2, -0.15) is 10.2 Å². The van der Waals surface area contributed by atoms with Crippen molar-refractivity contribution in [1.29, 1.82) is 0 Å². The lowest BCUT2D eigenvalue weighted by molar-refractivity contribution is -0.482. The summed E-state index contributed by atoms with van der Waals surface area (Å²) in [6.07, 6.45) is 4.61. The molecule has 3 aliphatic heterocycles. The maximum Gasteiger partial charge on any atom is 0.316 e. The van der Waals surface area contributed by atoms with Crippen molar-refractivity contribution in [3.63, 3.8) is 0 Å². The summed E-state index contributed by atoms with van der Waals surface area (Å²) in [5.74, 6) is -1.86. The minimum Gasteiger partial charge on any atom is -0.481 e. The smallest absolute Gasteiger partial charge is 0.316 e. The van der Waals surface area contributed by atoms with Crippen molar-refractivity contribution in [3.8, 4) is 0 Å². The molecule has 0 radical (unpaired) electrons. The van der Waals surface area contributed by atoms with Crippen LogP contribution in [0.25, 0.3) is 0 Å². The molecule has 3 atom stereocenters. The standard InChI is InChI=1S/C10H8N6O4/c17-10(18)6-2-13-15-4-5(1-11-9(6)15)8-7(16(19)20)3-12-14-8/h1-4,6-7,9H,(H,17,18)/t6-,7-,9+/m1/s1. The van der Waals surface area contributed by atoms with E-state index in [-0.39, 0.29) is 5.71 Å². The first-order valence-corrected chi connectivity index (χ1v) is 5.63. The van der Waals surface area contributed by atoms with E-state index >= 15 is 0 Å². The fraction of sp³-hybridized carbons (Fsp3) is 0.300. The van der Waals surface area contributed by atoms with E-state index in [9.17, 15) is 14.9 Å². The molecule has 102 valence electrons. The fourth-order valence-electron chi connectivity index (χ4n) is 2.06. The number of rotatable bonds is 3. The van der Waals surface area contributed by atoms with E-state index in [0.717, 1.165) is 6.21 Å². The van der Waals surface area contributed by atoms with Crippen LogP contribution in [0, 0.1) is 16.0 Å². The summed E-state index contributed by atoms with van der Waals surface area (Å²) in [5.41, 5.74) is 0.551. The first kappa shape index (κ1) is 12.1. The van der Waals surface area contributed by atoms with Crippen molar-refractivity contribution in [2.45, 2.75) is 12.2 Å². The molecule has 10 heteroatoms. The summed E-state index contributed by atoms with van der Waals surface area (Å²) in [6.45, 7) is 0. The number of carboxylic acid groups (broad SMARTS) is 1. The first-order valence-electron chi connectivity index (χ1n) is 5.63. The molecule has 3 heterocycles. The van der Waals surface area contributed by atoms with Crippen LogP contribution >= 0.6 is 0 Å². The average Bonchev–Trinajstić information content (AvgIpc) is 3.04. The molecule has 3 aliphatic rings. The maximum absolute atomic E-state index is 11.0. The van der Waals surface area contributed by atoms with E-state index in [2.05, 4.69) is 20.3 Å². The summed E-state index contributed by atoms with van der Waals surface area (Å²) in [7, 11) is 0. The topological polar surface area (TPSA) is 133 Å². The summed E-state index contributed by atoms with van der Waals surface area (Å²) < 4.78 is 0. The number of nitrogens with zero attached hydrogens (tertiary/aromatic N) is 6. The zero-order valence-electron chi connectivity index (χ0n) is 9.90. The van der Waals surface area contributed by atoms with Crippen LogP contribution in [-0.4, -0.2) is 57.6 Å². The molecule has 0 fully saturated rings. The van der Waals surface area contributed by atoms with Crippen LogP contribution < -0.4 is 0 Å². The van der Waals surface area contributed by atoms with Gasteiger partial charge in [0.1, 0.15) is 12.1 Å². The van der Waals surface area contributed by atoms with E-state index in [1.54, 1.807) is 0 Å². The SMILES string of the molecule is O=C(O)[C@@H]1C=NN2C=C(C3=NN=C[C@H]3[N+](=O)[O-])C=N[C@H]12. The third-order valence-corrected chi connectivity index (χ3v) is 3.05. The second-order valence-electron chi connectivity index (χ2n) is 4.26. The van der Waals surface area contributed by atoms with Crippen LogP contribution in [0.5, 0.6) is 0 Å². The van der Waals surface area contributed by atoms with Crippen molar-refractivity contribution >= 4 is 30.3 Å². The third kappa shape index (κ3) is 1.77. The lowest BCUT2D eigenvalue weighted by Gasteiger charge is -2.23. The zero-order chi connectivity index (χ0) is 14.3. The van der Waals surface area contributed by atoms with Crippen molar-refractivity contribution in [2.75, 3.05) is 0 Å². The lowest BCUT2D eigenvalue weighted by atomic mass is 10.0. The molecule has 0 saturated carbocycles. The van der Waals surface area contributed by atoms with Crippen molar-refractivity contribution in [1.82, 2.24) is 5.01 Å². The van der Waals surface area contributed by atoms with Gasteiger partial charge in [0.15, 0.2) is 11.9 Å². The number of carboxylic acids is 1. The Kier molecular flexibility index (Phi) is 2.63. The van der Waals surface area contributed by atoms with Crippen LogP contribution in [-0.2, 0) is 4.79 Å². The molecule has 10 nitrogen and oxygen atoms in total. The minimum absolute atomic E-state index is 0.158. The number of aliphatic carboxylic acids is 1. The molecule has 0 aliphatic carbocycles. The Labute approximate surface area is 111 Å². The lowest BCUT2D eigenvalue weighted by Crippen LogP contribution is -2.37. The Morgan fingerprint density at radius 2 is 2.25 bits per heavy atom. The van der Waals surface area contributed by atoms with E-state index in [0.29, 0.717) is 5.57 Å². The van der Waals surface area contributed by atoms with Gasteiger partial charge in [-0.15, -0.1) is 5.10 Å². The highest BCUT2D eigenvalue weighted by molar-refractivity contribution is 6.24. The minimum atomic E-state index is -1.12. The molecule has 0 bridgehead atoms. The normalized spacial score (nSPS) is 30.2. The van der Waals surface area contributed by atoms with E-state index in [1.165, 1.54) is 23.6 Å². The van der Waals surface area contributed by atoms with Gasteiger partial charge in [-0.25, -0.2) is 5.01 Å². The Hall–Kier alpha value is -2.91. The summed E-state index contributed by atoms with van der Waals surface area (Å²) in [5, 5.41) is 32.4. The van der Waals surface area contributed by atoms with Gasteiger partial charge in [0.25, 0.3) is 6.04 Å². The van der Waals surface area contributed by atoms with Crippen LogP contribution in [0.3, 0.4) is 0 Å². The van der Waals surface area contributed by atoms with Gasteiger partial charge in [0.2, 0.25) is 0 Å². The van der Waals surface area contributed by atoms with Gasteiger partial charge in [-0.3, -0.25) is 19.9 Å². The Bertz CT molecular complexity index is 634. The quantitative estimate of drug-likeness (QED) is 0.541. The molecule has 0 spiro atoms. The number of carbonyl (C=O) groups is 1. The number of fused-ring (bicyclic) bond motifs is 1. The molecule has 1 N–H and O–H groups in total. The highest BCUT2D eigenvalue weighted by Crippen LogP contribution is 2.24. The molecule has 3 rings (SSSR count). The van der Waals surface area contributed by atoms with Crippen molar-refractivity contribution in [2.24, 2.45) is 26.2 Å². The Morgan fingerprint density at radius 3 is 2.95 bits per heavy atom. The molecule has 0 amide bonds. The Balaban J connectivity index is 1.85.